The highest BCUT2D eigenvalue weighted by atomic mass is 32.2. The Balaban J connectivity index is 1.75. The summed E-state index contributed by atoms with van der Waals surface area (Å²) in [5.41, 5.74) is 0.792. The molecule has 0 aliphatic carbocycles. The number of benzene rings is 1. The summed E-state index contributed by atoms with van der Waals surface area (Å²) in [4.78, 5) is 14.4. The lowest BCUT2D eigenvalue weighted by atomic mass is 10.1. The van der Waals surface area contributed by atoms with E-state index in [1.807, 2.05) is 4.57 Å². The summed E-state index contributed by atoms with van der Waals surface area (Å²) in [7, 11) is 1.59. The first-order valence-electron chi connectivity index (χ1n) is 9.48. The van der Waals surface area contributed by atoms with Gasteiger partial charge in [0.2, 0.25) is 5.91 Å². The minimum absolute atomic E-state index is 0.0895. The fourth-order valence-electron chi connectivity index (χ4n) is 3.14. The number of carbonyl (C=O) groups excluding carboxylic acids is 1. The maximum absolute atomic E-state index is 13.4. The van der Waals surface area contributed by atoms with Crippen molar-refractivity contribution < 1.29 is 13.9 Å². The predicted molar refractivity (Wildman–Crippen MR) is 106 cm³/mol. The molecule has 0 bridgehead atoms. The van der Waals surface area contributed by atoms with Crippen molar-refractivity contribution in [1.82, 2.24) is 25.0 Å². The molecule has 0 unspecified atom stereocenters. The molecule has 1 aliphatic rings. The number of nitrogens with one attached hydrogen (secondary N) is 1. The largest absolute Gasteiger partial charge is 0.383 e. The predicted octanol–water partition coefficient (Wildman–Crippen LogP) is 2.25. The molecule has 1 aromatic heterocycles. The molecule has 152 valence electrons. The molecule has 1 fully saturated rings. The lowest BCUT2D eigenvalue weighted by molar-refractivity contribution is -0.118. The molecule has 7 nitrogen and oxygen atoms in total. The first-order chi connectivity index (χ1) is 13.7. The maximum atomic E-state index is 13.4. The highest BCUT2D eigenvalue weighted by Gasteiger charge is 2.19. The summed E-state index contributed by atoms with van der Waals surface area (Å²) >= 11 is 1.32. The van der Waals surface area contributed by atoms with Crippen LogP contribution in [0, 0.1) is 5.82 Å². The number of thioether (sulfide) groups is 1. The number of nitrogens with zero attached hydrogens (tertiary/aromatic N) is 4. The third kappa shape index (κ3) is 5.76. The topological polar surface area (TPSA) is 72.3 Å². The number of aromatic nitrogens is 3. The second-order valence-corrected chi connectivity index (χ2v) is 7.62. The van der Waals surface area contributed by atoms with E-state index in [1.165, 1.54) is 43.2 Å². The summed E-state index contributed by atoms with van der Waals surface area (Å²) in [6, 6.07) is 6.26. The van der Waals surface area contributed by atoms with Crippen LogP contribution in [0.3, 0.4) is 0 Å². The van der Waals surface area contributed by atoms with Crippen molar-refractivity contribution in [3.8, 4) is 5.69 Å². The molecule has 0 saturated carbocycles. The van der Waals surface area contributed by atoms with E-state index in [0.29, 0.717) is 24.9 Å². The highest BCUT2D eigenvalue weighted by molar-refractivity contribution is 7.99. The van der Waals surface area contributed by atoms with E-state index < -0.39 is 0 Å². The molecule has 2 aromatic rings. The van der Waals surface area contributed by atoms with Gasteiger partial charge < -0.3 is 10.1 Å². The van der Waals surface area contributed by atoms with E-state index in [4.69, 9.17) is 4.74 Å². The van der Waals surface area contributed by atoms with Crippen LogP contribution in [0.15, 0.2) is 29.4 Å². The van der Waals surface area contributed by atoms with E-state index in [2.05, 4.69) is 20.4 Å². The van der Waals surface area contributed by atoms with Crippen molar-refractivity contribution >= 4 is 17.7 Å². The number of amides is 1. The third-order valence-corrected chi connectivity index (χ3v) is 5.49. The molecule has 1 saturated heterocycles. The number of ether oxygens (including phenoxy) is 1. The number of halogens is 1. The van der Waals surface area contributed by atoms with Gasteiger partial charge in [-0.3, -0.25) is 14.3 Å². The zero-order chi connectivity index (χ0) is 19.8. The van der Waals surface area contributed by atoms with Crippen LogP contribution < -0.4 is 5.32 Å². The summed E-state index contributed by atoms with van der Waals surface area (Å²) in [5, 5.41) is 12.1. The third-order valence-electron chi connectivity index (χ3n) is 4.56. The van der Waals surface area contributed by atoms with Gasteiger partial charge in [0.25, 0.3) is 0 Å². The zero-order valence-corrected chi connectivity index (χ0v) is 16.9. The van der Waals surface area contributed by atoms with Crippen LogP contribution in [0.25, 0.3) is 5.69 Å². The number of likely N-dealkylation sites (tertiary alicyclic amines) is 1. The average molecular weight is 408 g/mol. The molecule has 1 aliphatic heterocycles. The van der Waals surface area contributed by atoms with Gasteiger partial charge in [0, 0.05) is 19.3 Å². The van der Waals surface area contributed by atoms with E-state index in [0.717, 1.165) is 24.6 Å². The molecule has 1 amide bonds. The minimum Gasteiger partial charge on any atom is -0.383 e. The molecular formula is C19H26FN5O2S. The molecule has 28 heavy (non-hydrogen) atoms. The van der Waals surface area contributed by atoms with Crippen molar-refractivity contribution in [2.45, 2.75) is 31.0 Å². The van der Waals surface area contributed by atoms with E-state index >= 15 is 0 Å². The highest BCUT2D eigenvalue weighted by Crippen LogP contribution is 2.24. The van der Waals surface area contributed by atoms with Gasteiger partial charge in [-0.15, -0.1) is 10.2 Å². The molecule has 1 aromatic carbocycles. The second-order valence-electron chi connectivity index (χ2n) is 6.68. The van der Waals surface area contributed by atoms with Crippen LogP contribution in [0.4, 0.5) is 4.39 Å². The van der Waals surface area contributed by atoms with Gasteiger partial charge in [-0.2, -0.15) is 0 Å². The van der Waals surface area contributed by atoms with Crippen LogP contribution in [0.5, 0.6) is 0 Å². The van der Waals surface area contributed by atoms with Crippen molar-refractivity contribution in [3.05, 3.63) is 35.9 Å². The van der Waals surface area contributed by atoms with E-state index in [9.17, 15) is 9.18 Å². The summed E-state index contributed by atoms with van der Waals surface area (Å²) in [5.74, 6) is 0.650. The van der Waals surface area contributed by atoms with Gasteiger partial charge in [-0.1, -0.05) is 18.2 Å². The standard InChI is InChI=1S/C19H26FN5O2S/c1-27-12-9-21-18(26)14-28-19-23-22-17(13-24-10-3-2-4-11-24)25(19)16-7-5-15(20)6-8-16/h5-8H,2-4,9-14H2,1H3,(H,21,26). The Morgan fingerprint density at radius 3 is 2.68 bits per heavy atom. The number of hydrogen-bond acceptors (Lipinski definition) is 6. The van der Waals surface area contributed by atoms with E-state index in [-0.39, 0.29) is 17.5 Å². The molecule has 0 spiro atoms. The fraction of sp³-hybridized carbons (Fsp3) is 0.526. The Bertz CT molecular complexity index is 762. The Labute approximate surface area is 168 Å². The smallest absolute Gasteiger partial charge is 0.230 e. The number of hydrogen-bond donors (Lipinski definition) is 1. The second kappa shape index (κ2) is 10.5. The SMILES string of the molecule is COCCNC(=O)CSc1nnc(CN2CCCCC2)n1-c1ccc(F)cc1. The number of piperidine rings is 1. The normalized spacial score (nSPS) is 14.9. The first-order valence-corrected chi connectivity index (χ1v) is 10.5. The van der Waals surface area contributed by atoms with Gasteiger partial charge in [0.05, 0.1) is 18.9 Å². The van der Waals surface area contributed by atoms with Crippen molar-refractivity contribution in [2.24, 2.45) is 0 Å². The summed E-state index contributed by atoms with van der Waals surface area (Å²) in [6.07, 6.45) is 3.64. The van der Waals surface area contributed by atoms with Crippen LogP contribution in [-0.4, -0.2) is 64.7 Å². The maximum Gasteiger partial charge on any atom is 0.230 e. The van der Waals surface area contributed by atoms with Crippen molar-refractivity contribution in [3.63, 3.8) is 0 Å². The van der Waals surface area contributed by atoms with Crippen LogP contribution in [0.2, 0.25) is 0 Å². The summed E-state index contributed by atoms with van der Waals surface area (Å²) < 4.78 is 20.2. The Morgan fingerprint density at radius 1 is 1.21 bits per heavy atom. The molecule has 9 heteroatoms. The van der Waals surface area contributed by atoms with Crippen LogP contribution >= 0.6 is 11.8 Å². The zero-order valence-electron chi connectivity index (χ0n) is 16.1. The van der Waals surface area contributed by atoms with Gasteiger partial charge in [-0.25, -0.2) is 4.39 Å². The Hall–Kier alpha value is -1.97. The Kier molecular flexibility index (Phi) is 7.81. The fourth-order valence-corrected chi connectivity index (χ4v) is 3.94. The van der Waals surface area contributed by atoms with Gasteiger partial charge in [-0.05, 0) is 50.2 Å². The number of carbonyl (C=O) groups is 1. The van der Waals surface area contributed by atoms with Gasteiger partial charge >= 0.3 is 0 Å². The first kappa shape index (κ1) is 20.8. The molecule has 2 heterocycles. The lowest BCUT2D eigenvalue weighted by Gasteiger charge is -2.26. The molecule has 0 atom stereocenters. The van der Waals surface area contributed by atoms with Gasteiger partial charge in [0.1, 0.15) is 5.82 Å². The lowest BCUT2D eigenvalue weighted by Crippen LogP contribution is -2.30. The van der Waals surface area contributed by atoms with Crippen LogP contribution in [-0.2, 0) is 16.1 Å². The van der Waals surface area contributed by atoms with Crippen molar-refractivity contribution in [2.75, 3.05) is 39.1 Å². The number of rotatable bonds is 9. The Morgan fingerprint density at radius 2 is 1.96 bits per heavy atom. The van der Waals surface area contributed by atoms with Crippen LogP contribution in [0.1, 0.15) is 25.1 Å². The quantitative estimate of drug-likeness (QED) is 0.508. The minimum atomic E-state index is -0.291. The van der Waals surface area contributed by atoms with Crippen molar-refractivity contribution in [1.29, 1.82) is 0 Å². The molecule has 1 N–H and O–H groups in total. The monoisotopic (exact) mass is 407 g/mol. The molecular weight excluding hydrogens is 381 g/mol. The summed E-state index contributed by atoms with van der Waals surface area (Å²) in [6.45, 7) is 3.72. The number of methoxy groups -OCH3 is 1. The average Bonchev–Trinajstić information content (AvgIpc) is 3.10. The molecule has 0 radical (unpaired) electrons. The molecule has 3 rings (SSSR count). The van der Waals surface area contributed by atoms with Gasteiger partial charge in [0.15, 0.2) is 11.0 Å². The van der Waals surface area contributed by atoms with E-state index in [1.54, 1.807) is 19.2 Å².